The lowest BCUT2D eigenvalue weighted by atomic mass is 9.92. The zero-order valence-electron chi connectivity index (χ0n) is 27.7. The number of piperidine rings is 1. The number of nitrogens with zero attached hydrogens (tertiary/aromatic N) is 4. The van der Waals surface area contributed by atoms with Crippen LogP contribution in [0.25, 0.3) is 28.0 Å². The van der Waals surface area contributed by atoms with Crippen molar-refractivity contribution in [1.82, 2.24) is 14.6 Å². The number of phenols is 1. The van der Waals surface area contributed by atoms with E-state index in [1.807, 2.05) is 39.8 Å². The van der Waals surface area contributed by atoms with Crippen molar-refractivity contribution in [1.29, 1.82) is 0 Å². The minimum absolute atomic E-state index is 0.137. The molecule has 0 aliphatic carbocycles. The molecular formula is C36H43FN4O5. The lowest BCUT2D eigenvalue weighted by Gasteiger charge is -2.41. The van der Waals surface area contributed by atoms with Crippen LogP contribution < -0.4 is 4.90 Å². The Labute approximate surface area is 269 Å². The fourth-order valence-corrected chi connectivity index (χ4v) is 5.93. The van der Waals surface area contributed by atoms with Gasteiger partial charge in [0, 0.05) is 30.4 Å². The van der Waals surface area contributed by atoms with Crippen LogP contribution in [0.3, 0.4) is 0 Å². The fraction of sp³-hybridized carbons (Fsp3) is 0.417. The maximum absolute atomic E-state index is 15.1. The Bertz CT molecular complexity index is 1770. The van der Waals surface area contributed by atoms with Crippen molar-refractivity contribution in [3.63, 3.8) is 0 Å². The van der Waals surface area contributed by atoms with E-state index in [1.54, 1.807) is 41.8 Å². The number of esters is 1. The average Bonchev–Trinajstić information content (AvgIpc) is 3.44. The summed E-state index contributed by atoms with van der Waals surface area (Å²) in [4.78, 5) is 20.4. The molecule has 1 unspecified atom stereocenters. The third-order valence-electron chi connectivity index (χ3n) is 8.38. The molecule has 0 radical (unpaired) electrons. The number of hydrogen-bond donors (Lipinski definition) is 1. The van der Waals surface area contributed by atoms with Gasteiger partial charge in [-0.2, -0.15) is 9.61 Å². The minimum Gasteiger partial charge on any atom is -0.507 e. The molecule has 244 valence electrons. The van der Waals surface area contributed by atoms with Crippen LogP contribution in [0, 0.1) is 19.7 Å². The summed E-state index contributed by atoms with van der Waals surface area (Å²) in [6.07, 6.45) is 2.19. The molecule has 10 heteroatoms. The summed E-state index contributed by atoms with van der Waals surface area (Å²) in [5, 5.41) is 15.5. The number of hydrogen-bond acceptors (Lipinski definition) is 8. The van der Waals surface area contributed by atoms with E-state index >= 15 is 4.39 Å². The van der Waals surface area contributed by atoms with Crippen molar-refractivity contribution in [2.45, 2.75) is 71.7 Å². The predicted octanol–water partition coefficient (Wildman–Crippen LogP) is 7.12. The van der Waals surface area contributed by atoms with Gasteiger partial charge < -0.3 is 24.2 Å². The number of aryl methyl sites for hydroxylation is 2. The molecule has 3 heterocycles. The quantitative estimate of drug-likeness (QED) is 0.154. The summed E-state index contributed by atoms with van der Waals surface area (Å²) in [6, 6.07) is 12.2. The topological polar surface area (TPSA) is 98.4 Å². The highest BCUT2D eigenvalue weighted by Gasteiger charge is 2.38. The first-order chi connectivity index (χ1) is 21.7. The maximum Gasteiger partial charge on any atom is 0.339 e. The molecular weight excluding hydrogens is 587 g/mol. The molecule has 0 spiro atoms. The summed E-state index contributed by atoms with van der Waals surface area (Å²) in [7, 11) is 1.35. The number of phenolic OH excluding ortho intramolecular Hbond substituents is 1. The van der Waals surface area contributed by atoms with Crippen LogP contribution in [0.1, 0.15) is 63.5 Å². The Morgan fingerprint density at radius 2 is 1.85 bits per heavy atom. The Morgan fingerprint density at radius 3 is 2.50 bits per heavy atom. The van der Waals surface area contributed by atoms with E-state index in [4.69, 9.17) is 24.3 Å². The fourth-order valence-electron chi connectivity index (χ4n) is 5.93. The molecule has 1 aliphatic rings. The molecule has 2 aromatic carbocycles. The Kier molecular flexibility index (Phi) is 9.24. The minimum atomic E-state index is -1.05. The molecule has 1 N–H and O–H groups in total. The van der Waals surface area contributed by atoms with Gasteiger partial charge in [0.25, 0.3) is 0 Å². The summed E-state index contributed by atoms with van der Waals surface area (Å²) in [5.74, 6) is -0.450. The van der Waals surface area contributed by atoms with Gasteiger partial charge in [-0.05, 0) is 77.6 Å². The Morgan fingerprint density at radius 1 is 1.15 bits per heavy atom. The first kappa shape index (κ1) is 33.1. The van der Waals surface area contributed by atoms with E-state index in [1.165, 1.54) is 13.2 Å². The second kappa shape index (κ2) is 12.8. The van der Waals surface area contributed by atoms with E-state index in [0.717, 1.165) is 12.8 Å². The van der Waals surface area contributed by atoms with Gasteiger partial charge in [-0.25, -0.2) is 14.2 Å². The monoisotopic (exact) mass is 630 g/mol. The zero-order chi connectivity index (χ0) is 33.4. The van der Waals surface area contributed by atoms with Crippen LogP contribution in [0.15, 0.2) is 55.1 Å². The van der Waals surface area contributed by atoms with Crippen molar-refractivity contribution >= 4 is 17.4 Å². The molecule has 0 bridgehead atoms. The number of aromatic hydroxyl groups is 1. The predicted molar refractivity (Wildman–Crippen MR) is 177 cm³/mol. The Balaban J connectivity index is 1.67. The molecule has 1 atom stereocenters. The number of methoxy groups -OCH3 is 1. The molecule has 9 nitrogen and oxygen atoms in total. The molecule has 46 heavy (non-hydrogen) atoms. The van der Waals surface area contributed by atoms with Gasteiger partial charge in [0.1, 0.15) is 17.4 Å². The van der Waals surface area contributed by atoms with E-state index in [0.29, 0.717) is 64.8 Å². The number of carbonyl (C=O) groups is 1. The number of fused-ring (bicyclic) bond motifs is 1. The lowest BCUT2D eigenvalue weighted by molar-refractivity contribution is -0.164. The SMILES string of the molecule is C=CCOC1(C)CCN(c2c(C(OC(C)(C)C)C(=O)OC)c(C)nc3cc(-c4cccc(-c5c(O)ccc(C)c5F)c4)nn23)CC1. The smallest absolute Gasteiger partial charge is 0.339 e. The van der Waals surface area contributed by atoms with E-state index in [9.17, 15) is 9.90 Å². The molecule has 0 amide bonds. The first-order valence-corrected chi connectivity index (χ1v) is 15.5. The second-order valence-corrected chi connectivity index (χ2v) is 13.1. The third-order valence-corrected chi connectivity index (χ3v) is 8.38. The normalized spacial score (nSPS) is 15.6. The standard InChI is InChI=1S/C36H43FN4O5/c1-9-19-45-36(7)15-17-40(18-16-36)33-29(32(34(43)44-8)46-35(4,5)6)23(3)38-28-21-26(39-41(28)33)24-11-10-12-25(20-24)30-27(42)14-13-22(2)31(30)37/h9-14,20-21,32,42H,1,15-19H2,2-8H3. The molecule has 2 aromatic heterocycles. The third kappa shape index (κ3) is 6.64. The number of rotatable bonds is 9. The van der Waals surface area contributed by atoms with Crippen LogP contribution >= 0.6 is 0 Å². The van der Waals surface area contributed by atoms with Crippen LogP contribution in [-0.2, 0) is 19.0 Å². The lowest BCUT2D eigenvalue weighted by Crippen LogP contribution is -2.45. The van der Waals surface area contributed by atoms with Gasteiger partial charge in [-0.1, -0.05) is 30.3 Å². The van der Waals surface area contributed by atoms with Crippen molar-refractivity contribution < 1.29 is 28.5 Å². The van der Waals surface area contributed by atoms with E-state index < -0.39 is 23.5 Å². The zero-order valence-corrected chi connectivity index (χ0v) is 27.7. The van der Waals surface area contributed by atoms with Crippen molar-refractivity contribution in [2.24, 2.45) is 0 Å². The van der Waals surface area contributed by atoms with Gasteiger partial charge >= 0.3 is 5.97 Å². The number of benzene rings is 2. The van der Waals surface area contributed by atoms with Crippen molar-refractivity contribution in [2.75, 3.05) is 31.7 Å². The molecule has 4 aromatic rings. The van der Waals surface area contributed by atoms with Gasteiger partial charge in [0.15, 0.2) is 11.8 Å². The van der Waals surface area contributed by atoms with Gasteiger partial charge in [0.05, 0.1) is 41.7 Å². The maximum atomic E-state index is 15.1. The van der Waals surface area contributed by atoms with Gasteiger partial charge in [0.2, 0.25) is 0 Å². The van der Waals surface area contributed by atoms with E-state index in [2.05, 4.69) is 18.4 Å². The molecule has 5 rings (SSSR count). The first-order valence-electron chi connectivity index (χ1n) is 15.5. The van der Waals surface area contributed by atoms with E-state index in [-0.39, 0.29) is 16.9 Å². The van der Waals surface area contributed by atoms with Gasteiger partial charge in [-0.3, -0.25) is 0 Å². The molecule has 1 fully saturated rings. The van der Waals surface area contributed by atoms with Crippen LogP contribution in [0.2, 0.25) is 0 Å². The van der Waals surface area contributed by atoms with Crippen molar-refractivity contribution in [3.8, 4) is 28.1 Å². The Hall–Kier alpha value is -4.28. The van der Waals surface area contributed by atoms with Crippen LogP contribution in [0.4, 0.5) is 10.2 Å². The number of ether oxygens (including phenoxy) is 3. The highest BCUT2D eigenvalue weighted by Crippen LogP contribution is 2.40. The highest BCUT2D eigenvalue weighted by molar-refractivity contribution is 5.81. The van der Waals surface area contributed by atoms with Gasteiger partial charge in [-0.15, -0.1) is 6.58 Å². The summed E-state index contributed by atoms with van der Waals surface area (Å²) >= 11 is 0. The average molecular weight is 631 g/mol. The number of anilines is 1. The molecule has 0 saturated carbocycles. The van der Waals surface area contributed by atoms with Crippen LogP contribution in [0.5, 0.6) is 5.75 Å². The van der Waals surface area contributed by atoms with Crippen molar-refractivity contribution in [3.05, 3.63) is 77.8 Å². The summed E-state index contributed by atoms with van der Waals surface area (Å²) < 4.78 is 34.6. The second-order valence-electron chi connectivity index (χ2n) is 13.1. The molecule has 1 aliphatic heterocycles. The largest absolute Gasteiger partial charge is 0.507 e. The van der Waals surface area contributed by atoms with Crippen LogP contribution in [-0.4, -0.2) is 63.7 Å². The number of carbonyl (C=O) groups excluding carboxylic acids is 1. The number of aromatic nitrogens is 3. The molecule has 1 saturated heterocycles. The highest BCUT2D eigenvalue weighted by atomic mass is 19.1. The summed E-state index contributed by atoms with van der Waals surface area (Å²) in [6.45, 7) is 16.8. The summed E-state index contributed by atoms with van der Waals surface area (Å²) in [5.41, 5.74) is 3.21. The number of halogens is 1.